The van der Waals surface area contributed by atoms with E-state index in [2.05, 4.69) is 29.4 Å². The van der Waals surface area contributed by atoms with Crippen molar-refractivity contribution >= 4 is 22.7 Å². The molecule has 4 nitrogen and oxygen atoms in total. The molecule has 1 amide bonds. The molecule has 4 heteroatoms. The number of aromatic nitrogens is 1. The fourth-order valence-corrected chi connectivity index (χ4v) is 2.50. The summed E-state index contributed by atoms with van der Waals surface area (Å²) in [5.41, 5.74) is 4.49. The van der Waals surface area contributed by atoms with Gasteiger partial charge in [0.05, 0.1) is 0 Å². The molecule has 1 heterocycles. The highest BCUT2D eigenvalue weighted by molar-refractivity contribution is 5.91. The molecule has 0 saturated carbocycles. The number of amides is 1. The highest BCUT2D eigenvalue weighted by atomic mass is 16.3. The van der Waals surface area contributed by atoms with Crippen LogP contribution in [-0.4, -0.2) is 10.9 Å². The van der Waals surface area contributed by atoms with Crippen LogP contribution in [0.1, 0.15) is 32.3 Å². The van der Waals surface area contributed by atoms with Crippen molar-refractivity contribution in [3.05, 3.63) is 48.0 Å². The van der Waals surface area contributed by atoms with E-state index < -0.39 is 0 Å². The van der Waals surface area contributed by atoms with Crippen LogP contribution in [0.15, 0.2) is 46.9 Å². The van der Waals surface area contributed by atoms with Gasteiger partial charge < -0.3 is 9.73 Å². The Hall–Kier alpha value is -2.62. The summed E-state index contributed by atoms with van der Waals surface area (Å²) in [5.74, 6) is 0.592. The minimum atomic E-state index is 0.0230. The van der Waals surface area contributed by atoms with Gasteiger partial charge in [-0.05, 0) is 48.7 Å². The molecule has 0 fully saturated rings. The number of aryl methyl sites for hydroxylation is 1. The number of fused-ring (bicyclic) bond motifs is 1. The van der Waals surface area contributed by atoms with Gasteiger partial charge in [-0.25, -0.2) is 4.98 Å². The van der Waals surface area contributed by atoms with Crippen LogP contribution < -0.4 is 5.32 Å². The third kappa shape index (κ3) is 3.42. The van der Waals surface area contributed by atoms with E-state index in [0.717, 1.165) is 35.2 Å². The molecule has 1 N–H and O–H groups in total. The lowest BCUT2D eigenvalue weighted by Gasteiger charge is -2.05. The number of rotatable bonds is 5. The van der Waals surface area contributed by atoms with Gasteiger partial charge in [0, 0.05) is 17.7 Å². The summed E-state index contributed by atoms with van der Waals surface area (Å²) in [4.78, 5) is 16.3. The number of carbonyl (C=O) groups is 1. The largest absolute Gasteiger partial charge is 0.436 e. The van der Waals surface area contributed by atoms with Gasteiger partial charge in [-0.1, -0.05) is 26.0 Å². The molecule has 0 aliphatic rings. The first-order chi connectivity index (χ1) is 11.2. The smallest absolute Gasteiger partial charge is 0.227 e. The van der Waals surface area contributed by atoms with Gasteiger partial charge in [0.15, 0.2) is 5.58 Å². The summed E-state index contributed by atoms with van der Waals surface area (Å²) in [5, 5.41) is 2.90. The van der Waals surface area contributed by atoms with E-state index in [1.54, 1.807) is 0 Å². The Morgan fingerprint density at radius 1 is 1.17 bits per heavy atom. The van der Waals surface area contributed by atoms with E-state index in [9.17, 15) is 4.79 Å². The molecule has 118 valence electrons. The Morgan fingerprint density at radius 2 is 2.04 bits per heavy atom. The van der Waals surface area contributed by atoms with Gasteiger partial charge in [-0.2, -0.15) is 0 Å². The third-order valence-corrected chi connectivity index (χ3v) is 3.73. The molecule has 0 unspecified atom stereocenters. The van der Waals surface area contributed by atoms with E-state index in [1.165, 1.54) is 5.56 Å². The first-order valence-electron chi connectivity index (χ1n) is 7.99. The average Bonchev–Trinajstić information content (AvgIpc) is 2.98. The maximum Gasteiger partial charge on any atom is 0.227 e. The maximum absolute atomic E-state index is 11.7. The zero-order valence-electron chi connectivity index (χ0n) is 13.4. The normalized spacial score (nSPS) is 10.9. The monoisotopic (exact) mass is 308 g/mol. The minimum absolute atomic E-state index is 0.0230. The summed E-state index contributed by atoms with van der Waals surface area (Å²) in [6.07, 6.45) is 2.32. The van der Waals surface area contributed by atoms with Gasteiger partial charge in [0.2, 0.25) is 11.8 Å². The van der Waals surface area contributed by atoms with Crippen LogP contribution >= 0.6 is 0 Å². The van der Waals surface area contributed by atoms with Crippen LogP contribution in [0.4, 0.5) is 5.69 Å². The predicted molar refractivity (Wildman–Crippen MR) is 92.4 cm³/mol. The molecule has 1 aromatic heterocycles. The van der Waals surface area contributed by atoms with E-state index in [0.29, 0.717) is 12.3 Å². The predicted octanol–water partition coefficient (Wildman–Crippen LogP) is 4.80. The Kier molecular flexibility index (Phi) is 4.42. The highest BCUT2D eigenvalue weighted by Gasteiger charge is 2.10. The molecule has 3 rings (SSSR count). The molecular weight excluding hydrogens is 288 g/mol. The van der Waals surface area contributed by atoms with E-state index in [4.69, 9.17) is 4.42 Å². The Morgan fingerprint density at radius 3 is 2.83 bits per heavy atom. The fourth-order valence-electron chi connectivity index (χ4n) is 2.50. The van der Waals surface area contributed by atoms with Crippen molar-refractivity contribution in [3.8, 4) is 11.5 Å². The lowest BCUT2D eigenvalue weighted by atomic mass is 10.1. The lowest BCUT2D eigenvalue weighted by Crippen LogP contribution is -2.10. The molecule has 0 bridgehead atoms. The quantitative estimate of drug-likeness (QED) is 0.737. The molecular formula is C19H20N2O2. The van der Waals surface area contributed by atoms with Gasteiger partial charge in [0.1, 0.15) is 5.52 Å². The van der Waals surface area contributed by atoms with Crippen molar-refractivity contribution in [3.63, 3.8) is 0 Å². The molecule has 0 saturated heterocycles. The van der Waals surface area contributed by atoms with Crippen LogP contribution in [0.3, 0.4) is 0 Å². The van der Waals surface area contributed by atoms with E-state index >= 15 is 0 Å². The SMILES string of the molecule is CCCC(=O)Nc1cccc(-c2nc3cc(CC)ccc3o2)c1. The van der Waals surface area contributed by atoms with Crippen LogP contribution in [0.5, 0.6) is 0 Å². The maximum atomic E-state index is 11.7. The molecule has 0 radical (unpaired) electrons. The Bertz CT molecular complexity index is 836. The van der Waals surface area contributed by atoms with Crippen molar-refractivity contribution in [1.82, 2.24) is 4.98 Å². The fraction of sp³-hybridized carbons (Fsp3) is 0.263. The molecule has 0 spiro atoms. The Balaban J connectivity index is 1.90. The standard InChI is InChI=1S/C19H20N2O2/c1-3-6-18(22)20-15-8-5-7-14(12-15)19-21-16-11-13(4-2)9-10-17(16)23-19/h5,7-12H,3-4,6H2,1-2H3,(H,20,22). The molecule has 0 aliphatic heterocycles. The number of hydrogen-bond acceptors (Lipinski definition) is 3. The van der Waals surface area contributed by atoms with Crippen LogP contribution in [0, 0.1) is 0 Å². The number of benzene rings is 2. The summed E-state index contributed by atoms with van der Waals surface area (Å²) in [6.45, 7) is 4.10. The zero-order chi connectivity index (χ0) is 16.2. The molecule has 0 aliphatic carbocycles. The van der Waals surface area contributed by atoms with Crippen LogP contribution in [0.2, 0.25) is 0 Å². The van der Waals surface area contributed by atoms with Gasteiger partial charge in [0.25, 0.3) is 0 Å². The first kappa shape index (κ1) is 15.3. The average molecular weight is 308 g/mol. The number of nitrogens with zero attached hydrogens (tertiary/aromatic N) is 1. The second kappa shape index (κ2) is 6.65. The van der Waals surface area contributed by atoms with Crippen LogP contribution in [-0.2, 0) is 11.2 Å². The molecule has 2 aromatic carbocycles. The molecule has 3 aromatic rings. The molecule has 0 atom stereocenters. The third-order valence-electron chi connectivity index (χ3n) is 3.73. The zero-order valence-corrected chi connectivity index (χ0v) is 13.4. The minimum Gasteiger partial charge on any atom is -0.436 e. The number of oxazole rings is 1. The Labute approximate surface area is 135 Å². The van der Waals surface area contributed by atoms with Gasteiger partial charge in [-0.3, -0.25) is 4.79 Å². The summed E-state index contributed by atoms with van der Waals surface area (Å²) >= 11 is 0. The number of carbonyl (C=O) groups excluding carboxylic acids is 1. The lowest BCUT2D eigenvalue weighted by molar-refractivity contribution is -0.116. The second-order valence-electron chi connectivity index (χ2n) is 5.55. The van der Waals surface area contributed by atoms with E-state index in [-0.39, 0.29) is 5.91 Å². The van der Waals surface area contributed by atoms with Gasteiger partial charge >= 0.3 is 0 Å². The first-order valence-corrected chi connectivity index (χ1v) is 7.99. The topological polar surface area (TPSA) is 55.1 Å². The number of hydrogen-bond donors (Lipinski definition) is 1. The van der Waals surface area contributed by atoms with Crippen LogP contribution in [0.25, 0.3) is 22.6 Å². The summed E-state index contributed by atoms with van der Waals surface area (Å²) in [7, 11) is 0. The van der Waals surface area contributed by atoms with Crippen molar-refractivity contribution < 1.29 is 9.21 Å². The number of anilines is 1. The van der Waals surface area contributed by atoms with Crippen molar-refractivity contribution in [2.45, 2.75) is 33.1 Å². The van der Waals surface area contributed by atoms with Crippen molar-refractivity contribution in [1.29, 1.82) is 0 Å². The van der Waals surface area contributed by atoms with E-state index in [1.807, 2.05) is 37.3 Å². The second-order valence-corrected chi connectivity index (χ2v) is 5.55. The summed E-state index contributed by atoms with van der Waals surface area (Å²) < 4.78 is 5.84. The highest BCUT2D eigenvalue weighted by Crippen LogP contribution is 2.27. The van der Waals surface area contributed by atoms with Crippen molar-refractivity contribution in [2.24, 2.45) is 0 Å². The number of nitrogens with one attached hydrogen (secondary N) is 1. The summed E-state index contributed by atoms with van der Waals surface area (Å²) in [6, 6.07) is 13.6. The van der Waals surface area contributed by atoms with Crippen molar-refractivity contribution in [2.75, 3.05) is 5.32 Å². The van der Waals surface area contributed by atoms with Gasteiger partial charge in [-0.15, -0.1) is 0 Å². The molecule has 23 heavy (non-hydrogen) atoms.